The zero-order valence-corrected chi connectivity index (χ0v) is 13.9. The Labute approximate surface area is 141 Å². The molecule has 1 fully saturated rings. The number of urea groups is 1. The van der Waals surface area contributed by atoms with Crippen molar-refractivity contribution in [3.8, 4) is 0 Å². The first-order valence-electron chi connectivity index (χ1n) is 7.79. The molecule has 24 heavy (non-hydrogen) atoms. The van der Waals surface area contributed by atoms with Crippen LogP contribution in [0, 0.1) is 5.41 Å². The molecule has 0 spiro atoms. The molecular weight excluding hydrogens is 304 g/mol. The first-order valence-corrected chi connectivity index (χ1v) is 7.79. The highest BCUT2D eigenvalue weighted by Crippen LogP contribution is 2.44. The van der Waals surface area contributed by atoms with Crippen molar-refractivity contribution >= 4 is 23.3 Å². The molecule has 1 N–H and O–H groups in total. The van der Waals surface area contributed by atoms with Crippen molar-refractivity contribution in [3.05, 3.63) is 60.7 Å². The van der Waals surface area contributed by atoms with E-state index in [0.29, 0.717) is 11.4 Å². The average molecular weight is 324 g/mol. The summed E-state index contributed by atoms with van der Waals surface area (Å²) in [5, 5.41) is 11.3. The minimum Gasteiger partial charge on any atom is -0.362 e. The van der Waals surface area contributed by atoms with Gasteiger partial charge in [0.15, 0.2) is 0 Å². The maximum Gasteiger partial charge on any atom is 0.338 e. The van der Waals surface area contributed by atoms with Crippen LogP contribution in [-0.4, -0.2) is 22.8 Å². The van der Waals surface area contributed by atoms with E-state index in [9.17, 15) is 14.7 Å². The second-order valence-electron chi connectivity index (χ2n) is 6.85. The average Bonchev–Trinajstić information content (AvgIpc) is 2.76. The Morgan fingerprint density at radius 1 is 0.833 bits per heavy atom. The molecule has 2 aromatic carbocycles. The molecule has 5 nitrogen and oxygen atoms in total. The van der Waals surface area contributed by atoms with Crippen LogP contribution in [0.15, 0.2) is 60.7 Å². The molecule has 0 saturated carbocycles. The molecule has 124 valence electrons. The predicted octanol–water partition coefficient (Wildman–Crippen LogP) is 3.39. The number of amides is 3. The molecule has 1 heterocycles. The normalized spacial score (nSPS) is 21.5. The number of aliphatic hydroxyl groups is 1. The maximum atomic E-state index is 13.1. The third-order valence-electron chi connectivity index (χ3n) is 4.28. The third-order valence-corrected chi connectivity index (χ3v) is 4.28. The van der Waals surface area contributed by atoms with E-state index in [1.54, 1.807) is 75.4 Å². The van der Waals surface area contributed by atoms with Crippen LogP contribution < -0.4 is 9.80 Å². The molecule has 1 aliphatic rings. The fourth-order valence-corrected chi connectivity index (χ4v) is 2.91. The van der Waals surface area contributed by atoms with Gasteiger partial charge in [-0.3, -0.25) is 9.69 Å². The van der Waals surface area contributed by atoms with Gasteiger partial charge in [-0.25, -0.2) is 9.69 Å². The minimum absolute atomic E-state index is 0.439. The van der Waals surface area contributed by atoms with Crippen molar-refractivity contribution in [2.45, 2.75) is 26.5 Å². The van der Waals surface area contributed by atoms with Crippen LogP contribution in [0.1, 0.15) is 20.8 Å². The van der Waals surface area contributed by atoms with E-state index in [-0.39, 0.29) is 0 Å². The Morgan fingerprint density at radius 3 is 1.75 bits per heavy atom. The quantitative estimate of drug-likeness (QED) is 0.861. The SMILES string of the molecule is CC(C)(C)C1(O)C(=O)N(c2ccccc2)C(=O)N1c1ccccc1. The van der Waals surface area contributed by atoms with Crippen molar-refractivity contribution in [1.82, 2.24) is 0 Å². The summed E-state index contributed by atoms with van der Waals surface area (Å²) in [6.07, 6.45) is 0. The van der Waals surface area contributed by atoms with Gasteiger partial charge in [-0.1, -0.05) is 57.2 Å². The first-order chi connectivity index (χ1) is 11.3. The molecular formula is C19H20N2O3. The third kappa shape index (κ3) is 2.20. The van der Waals surface area contributed by atoms with Gasteiger partial charge < -0.3 is 5.11 Å². The molecule has 0 aromatic heterocycles. The number of nitrogens with zero attached hydrogens (tertiary/aromatic N) is 2. The van der Waals surface area contributed by atoms with Crippen LogP contribution in [0.25, 0.3) is 0 Å². The zero-order valence-electron chi connectivity index (χ0n) is 13.9. The zero-order chi connectivity index (χ0) is 17.5. The van der Waals surface area contributed by atoms with E-state index in [1.165, 1.54) is 4.90 Å². The van der Waals surface area contributed by atoms with Crippen molar-refractivity contribution < 1.29 is 14.7 Å². The van der Waals surface area contributed by atoms with Gasteiger partial charge in [0.05, 0.1) is 5.69 Å². The Hall–Kier alpha value is -2.66. The summed E-state index contributed by atoms with van der Waals surface area (Å²) in [5.41, 5.74) is -1.93. The lowest BCUT2D eigenvalue weighted by Crippen LogP contribution is -2.59. The molecule has 1 saturated heterocycles. The number of benzene rings is 2. The molecule has 0 aliphatic carbocycles. The molecule has 3 amide bonds. The van der Waals surface area contributed by atoms with Crippen LogP contribution in [-0.2, 0) is 4.79 Å². The summed E-state index contributed by atoms with van der Waals surface area (Å²) >= 11 is 0. The number of carbonyl (C=O) groups excluding carboxylic acids is 2. The summed E-state index contributed by atoms with van der Waals surface area (Å²) < 4.78 is 0. The van der Waals surface area contributed by atoms with E-state index in [0.717, 1.165) is 4.90 Å². The van der Waals surface area contributed by atoms with Crippen LogP contribution in [0.2, 0.25) is 0 Å². The fourth-order valence-electron chi connectivity index (χ4n) is 2.91. The maximum absolute atomic E-state index is 13.1. The first kappa shape index (κ1) is 16.2. The molecule has 1 unspecified atom stereocenters. The van der Waals surface area contributed by atoms with E-state index < -0.39 is 23.1 Å². The van der Waals surface area contributed by atoms with Crippen LogP contribution in [0.4, 0.5) is 16.2 Å². The van der Waals surface area contributed by atoms with Gasteiger partial charge in [-0.2, -0.15) is 0 Å². The van der Waals surface area contributed by atoms with Crippen LogP contribution in [0.3, 0.4) is 0 Å². The van der Waals surface area contributed by atoms with Crippen LogP contribution >= 0.6 is 0 Å². The second kappa shape index (κ2) is 5.46. The molecule has 2 aromatic rings. The van der Waals surface area contributed by atoms with Gasteiger partial charge in [0.1, 0.15) is 0 Å². The lowest BCUT2D eigenvalue weighted by molar-refractivity contribution is -0.143. The number of hydrogen-bond acceptors (Lipinski definition) is 3. The monoisotopic (exact) mass is 324 g/mol. The summed E-state index contributed by atoms with van der Waals surface area (Å²) in [7, 11) is 0. The molecule has 1 aliphatic heterocycles. The van der Waals surface area contributed by atoms with Crippen LogP contribution in [0.5, 0.6) is 0 Å². The fraction of sp³-hybridized carbons (Fsp3) is 0.263. The number of anilines is 2. The van der Waals surface area contributed by atoms with Gasteiger partial charge in [-0.15, -0.1) is 0 Å². The van der Waals surface area contributed by atoms with E-state index >= 15 is 0 Å². The van der Waals surface area contributed by atoms with Crippen molar-refractivity contribution in [1.29, 1.82) is 0 Å². The smallest absolute Gasteiger partial charge is 0.338 e. The Morgan fingerprint density at radius 2 is 1.29 bits per heavy atom. The van der Waals surface area contributed by atoms with E-state index in [4.69, 9.17) is 0 Å². The Balaban J connectivity index is 2.19. The summed E-state index contributed by atoms with van der Waals surface area (Å²) in [6.45, 7) is 5.22. The predicted molar refractivity (Wildman–Crippen MR) is 92.6 cm³/mol. The molecule has 0 bridgehead atoms. The Bertz CT molecular complexity index is 768. The summed E-state index contributed by atoms with van der Waals surface area (Å²) in [6, 6.07) is 16.8. The number of carbonyl (C=O) groups is 2. The number of hydrogen-bond donors (Lipinski definition) is 1. The standard InChI is InChI=1S/C19H20N2O3/c1-18(2,3)19(24)16(22)20(14-10-6-4-7-11-14)17(23)21(19)15-12-8-5-9-13-15/h4-13,24H,1-3H3. The van der Waals surface area contributed by atoms with Gasteiger partial charge in [0.25, 0.3) is 5.91 Å². The van der Waals surface area contributed by atoms with Crippen molar-refractivity contribution in [3.63, 3.8) is 0 Å². The molecule has 0 radical (unpaired) electrons. The van der Waals surface area contributed by atoms with Crippen molar-refractivity contribution in [2.75, 3.05) is 9.80 Å². The van der Waals surface area contributed by atoms with Gasteiger partial charge >= 0.3 is 6.03 Å². The Kier molecular flexibility index (Phi) is 3.68. The molecule has 1 atom stereocenters. The van der Waals surface area contributed by atoms with Gasteiger partial charge in [-0.05, 0) is 24.3 Å². The highest BCUT2D eigenvalue weighted by molar-refractivity contribution is 6.30. The minimum atomic E-state index is -1.97. The van der Waals surface area contributed by atoms with Crippen molar-refractivity contribution in [2.24, 2.45) is 5.41 Å². The van der Waals surface area contributed by atoms with Gasteiger partial charge in [0.2, 0.25) is 5.72 Å². The number of rotatable bonds is 2. The van der Waals surface area contributed by atoms with Gasteiger partial charge in [0, 0.05) is 11.1 Å². The lowest BCUT2D eigenvalue weighted by atomic mass is 9.81. The summed E-state index contributed by atoms with van der Waals surface area (Å²) in [5.74, 6) is -0.643. The number of para-hydroxylation sites is 2. The molecule has 3 rings (SSSR count). The molecule has 5 heteroatoms. The largest absolute Gasteiger partial charge is 0.362 e. The topological polar surface area (TPSA) is 60.9 Å². The second-order valence-corrected chi connectivity index (χ2v) is 6.85. The summed E-state index contributed by atoms with van der Waals surface area (Å²) in [4.78, 5) is 28.4. The number of imide groups is 1. The van der Waals surface area contributed by atoms with E-state index in [1.807, 2.05) is 6.07 Å². The lowest BCUT2D eigenvalue weighted by Gasteiger charge is -2.40. The highest BCUT2D eigenvalue weighted by atomic mass is 16.3. The van der Waals surface area contributed by atoms with E-state index in [2.05, 4.69) is 0 Å². The highest BCUT2D eigenvalue weighted by Gasteiger charge is 2.63.